The monoisotopic (exact) mass is 274 g/mol. The fraction of sp³-hybridized carbons (Fsp3) is 0.400. The third-order valence-corrected chi connectivity index (χ3v) is 2.78. The molecule has 1 nitrogen and oxygen atoms in total. The average Bonchev–Trinajstić information content (AvgIpc) is 2.25. The van der Waals surface area contributed by atoms with Crippen molar-refractivity contribution in [1.29, 1.82) is 0 Å². The van der Waals surface area contributed by atoms with Crippen LogP contribution in [0.2, 0.25) is 0 Å². The largest absolute Gasteiger partial charge is 0.477 e. The molecule has 1 aliphatic heterocycles. The van der Waals surface area contributed by atoms with Crippen LogP contribution in [-0.4, -0.2) is 3.61 Å². The molecule has 0 aromatic heterocycles. The molecular weight excluding hydrogens is 263 g/mol. The number of fused-ring (bicyclic) bond motifs is 1. The first-order valence-electron chi connectivity index (χ1n) is 4.05. The third-order valence-electron chi connectivity index (χ3n) is 2.18. The maximum absolute atomic E-state index is 5.76. The predicted molar refractivity (Wildman–Crippen MR) is 57.9 cm³/mol. The van der Waals surface area contributed by atoms with E-state index in [2.05, 4.69) is 42.5 Å². The second kappa shape index (κ2) is 2.62. The van der Waals surface area contributed by atoms with Crippen molar-refractivity contribution < 1.29 is 4.74 Å². The summed E-state index contributed by atoms with van der Waals surface area (Å²) in [6.07, 6.45) is 1.02. The number of rotatable bonds is 0. The van der Waals surface area contributed by atoms with Crippen LogP contribution in [0, 0.1) is 6.92 Å². The van der Waals surface area contributed by atoms with Crippen LogP contribution in [0.15, 0.2) is 18.2 Å². The fourth-order valence-corrected chi connectivity index (χ4v) is 2.20. The molecule has 1 unspecified atom stereocenters. The number of hydrogen-bond donors (Lipinski definition) is 0. The summed E-state index contributed by atoms with van der Waals surface area (Å²) in [6.45, 7) is 4.26. The molecule has 0 aliphatic carbocycles. The third kappa shape index (κ3) is 1.32. The number of aryl methyl sites for hydroxylation is 1. The Morgan fingerprint density at radius 2 is 2.25 bits per heavy atom. The minimum atomic E-state index is -0.0355. The summed E-state index contributed by atoms with van der Waals surface area (Å²) >= 11 is 2.36. The van der Waals surface area contributed by atoms with Crippen molar-refractivity contribution in [2.45, 2.75) is 23.9 Å². The Hall–Kier alpha value is -0.250. The van der Waals surface area contributed by atoms with Crippen LogP contribution in [0.1, 0.15) is 18.1 Å². The molecule has 0 fully saturated rings. The zero-order valence-electron chi connectivity index (χ0n) is 7.23. The van der Waals surface area contributed by atoms with Crippen molar-refractivity contribution in [3.05, 3.63) is 29.3 Å². The van der Waals surface area contributed by atoms with Gasteiger partial charge in [0.2, 0.25) is 0 Å². The number of halogens is 1. The molecule has 1 aromatic carbocycles. The lowest BCUT2D eigenvalue weighted by Gasteiger charge is -2.14. The van der Waals surface area contributed by atoms with Crippen molar-refractivity contribution in [1.82, 2.24) is 0 Å². The first-order valence-corrected chi connectivity index (χ1v) is 5.13. The first-order chi connectivity index (χ1) is 5.58. The molecule has 1 aromatic rings. The Balaban J connectivity index is 2.48. The van der Waals surface area contributed by atoms with Crippen LogP contribution in [0.4, 0.5) is 0 Å². The van der Waals surface area contributed by atoms with Crippen molar-refractivity contribution in [2.75, 3.05) is 0 Å². The molecule has 1 heterocycles. The normalized spacial score (nSPS) is 26.6. The van der Waals surface area contributed by atoms with Crippen LogP contribution < -0.4 is 4.74 Å². The van der Waals surface area contributed by atoms with Gasteiger partial charge in [-0.1, -0.05) is 12.1 Å². The van der Waals surface area contributed by atoms with Gasteiger partial charge in [0.05, 0.1) is 0 Å². The van der Waals surface area contributed by atoms with Gasteiger partial charge in [-0.3, -0.25) is 0 Å². The molecule has 1 atom stereocenters. The molecule has 0 spiro atoms. The molecule has 12 heavy (non-hydrogen) atoms. The Kier molecular flexibility index (Phi) is 1.82. The number of benzene rings is 1. The van der Waals surface area contributed by atoms with Gasteiger partial charge in [-0.05, 0) is 48.1 Å². The van der Waals surface area contributed by atoms with Crippen LogP contribution >= 0.6 is 22.6 Å². The lowest BCUT2D eigenvalue weighted by atomic mass is 10.1. The van der Waals surface area contributed by atoms with Crippen LogP contribution in [0.5, 0.6) is 5.75 Å². The second-order valence-electron chi connectivity index (χ2n) is 3.43. The smallest absolute Gasteiger partial charge is 0.160 e. The van der Waals surface area contributed by atoms with Gasteiger partial charge in [-0.15, -0.1) is 0 Å². The van der Waals surface area contributed by atoms with Gasteiger partial charge in [0.1, 0.15) is 5.75 Å². The van der Waals surface area contributed by atoms with Gasteiger partial charge in [0.25, 0.3) is 0 Å². The Morgan fingerprint density at radius 3 is 2.92 bits per heavy atom. The van der Waals surface area contributed by atoms with E-state index in [0.717, 1.165) is 12.2 Å². The topological polar surface area (TPSA) is 9.23 Å². The summed E-state index contributed by atoms with van der Waals surface area (Å²) in [5.41, 5.74) is 2.71. The molecule has 1 aliphatic rings. The fourth-order valence-electron chi connectivity index (χ4n) is 1.58. The highest BCUT2D eigenvalue weighted by Gasteiger charge is 2.32. The minimum Gasteiger partial charge on any atom is -0.477 e. The van der Waals surface area contributed by atoms with Gasteiger partial charge >= 0.3 is 0 Å². The summed E-state index contributed by atoms with van der Waals surface area (Å²) in [6, 6.07) is 6.23. The van der Waals surface area contributed by atoms with Crippen molar-refractivity contribution in [3.8, 4) is 5.75 Å². The molecular formula is C10H11IO. The Morgan fingerprint density at radius 1 is 1.50 bits per heavy atom. The Labute approximate surface area is 86.3 Å². The van der Waals surface area contributed by atoms with Gasteiger partial charge in [-0.2, -0.15) is 0 Å². The number of ether oxygens (including phenoxy) is 1. The summed E-state index contributed by atoms with van der Waals surface area (Å²) in [7, 11) is 0. The standard InChI is InChI=1S/C10H11IO/c1-7-4-3-5-9-8(7)6-10(2,11)12-9/h3-5H,6H2,1-2H3. The van der Waals surface area contributed by atoms with Gasteiger partial charge in [-0.25, -0.2) is 0 Å². The van der Waals surface area contributed by atoms with E-state index in [-0.39, 0.29) is 3.61 Å². The van der Waals surface area contributed by atoms with E-state index < -0.39 is 0 Å². The van der Waals surface area contributed by atoms with E-state index in [9.17, 15) is 0 Å². The quantitative estimate of drug-likeness (QED) is 0.522. The van der Waals surface area contributed by atoms with Crippen LogP contribution in [0.3, 0.4) is 0 Å². The van der Waals surface area contributed by atoms with Crippen molar-refractivity contribution in [2.24, 2.45) is 0 Å². The number of alkyl halides is 1. The first kappa shape index (κ1) is 8.35. The second-order valence-corrected chi connectivity index (χ2v) is 5.71. The molecule has 0 amide bonds. The molecule has 2 heteroatoms. The average molecular weight is 274 g/mol. The van der Waals surface area contributed by atoms with Gasteiger partial charge in [0.15, 0.2) is 3.61 Å². The molecule has 0 N–H and O–H groups in total. The highest BCUT2D eigenvalue weighted by atomic mass is 127. The summed E-state index contributed by atoms with van der Waals surface area (Å²) in [4.78, 5) is 0. The molecule has 0 saturated carbocycles. The zero-order chi connectivity index (χ0) is 8.77. The molecule has 0 bridgehead atoms. The number of hydrogen-bond acceptors (Lipinski definition) is 1. The van der Waals surface area contributed by atoms with Gasteiger partial charge in [0, 0.05) is 12.0 Å². The van der Waals surface area contributed by atoms with E-state index in [1.807, 2.05) is 12.1 Å². The highest BCUT2D eigenvalue weighted by molar-refractivity contribution is 14.1. The minimum absolute atomic E-state index is 0.0355. The van der Waals surface area contributed by atoms with Crippen LogP contribution in [0.25, 0.3) is 0 Å². The predicted octanol–water partition coefficient (Wildman–Crippen LogP) is 3.08. The molecule has 64 valence electrons. The van der Waals surface area contributed by atoms with E-state index in [1.54, 1.807) is 0 Å². The van der Waals surface area contributed by atoms with E-state index in [0.29, 0.717) is 0 Å². The molecule has 0 radical (unpaired) electrons. The van der Waals surface area contributed by atoms with E-state index in [1.165, 1.54) is 11.1 Å². The van der Waals surface area contributed by atoms with Gasteiger partial charge < -0.3 is 4.74 Å². The zero-order valence-corrected chi connectivity index (χ0v) is 9.38. The van der Waals surface area contributed by atoms with Crippen molar-refractivity contribution in [3.63, 3.8) is 0 Å². The lowest BCUT2D eigenvalue weighted by molar-refractivity contribution is 0.236. The lowest BCUT2D eigenvalue weighted by Crippen LogP contribution is -2.20. The van der Waals surface area contributed by atoms with E-state index >= 15 is 0 Å². The maximum atomic E-state index is 5.76. The maximum Gasteiger partial charge on any atom is 0.160 e. The Bertz CT molecular complexity index is 318. The van der Waals surface area contributed by atoms with Crippen LogP contribution in [-0.2, 0) is 6.42 Å². The molecule has 2 rings (SSSR count). The van der Waals surface area contributed by atoms with Crippen molar-refractivity contribution >= 4 is 22.6 Å². The van der Waals surface area contributed by atoms with E-state index in [4.69, 9.17) is 4.74 Å². The highest BCUT2D eigenvalue weighted by Crippen LogP contribution is 2.40. The SMILES string of the molecule is Cc1cccc2c1CC(C)(I)O2. The molecule has 0 saturated heterocycles. The summed E-state index contributed by atoms with van der Waals surface area (Å²) < 4.78 is 5.73. The summed E-state index contributed by atoms with van der Waals surface area (Å²) in [5, 5.41) is 0. The summed E-state index contributed by atoms with van der Waals surface area (Å²) in [5.74, 6) is 1.06.